The molecular formula is C12H8Br2N2S. The van der Waals surface area contributed by atoms with Gasteiger partial charge in [0.1, 0.15) is 6.07 Å². The number of hydrogen-bond donors (Lipinski definition) is 1. The Morgan fingerprint density at radius 2 is 2.06 bits per heavy atom. The summed E-state index contributed by atoms with van der Waals surface area (Å²) in [5.41, 5.74) is 1.51. The summed E-state index contributed by atoms with van der Waals surface area (Å²) in [5, 5.41) is 12.3. The molecule has 1 aromatic carbocycles. The van der Waals surface area contributed by atoms with Crippen LogP contribution in [0.2, 0.25) is 0 Å². The average Bonchev–Trinajstić information content (AvgIpc) is 2.73. The first-order valence-electron chi connectivity index (χ1n) is 4.87. The zero-order valence-corrected chi connectivity index (χ0v) is 12.7. The molecule has 0 saturated heterocycles. The van der Waals surface area contributed by atoms with Crippen molar-refractivity contribution in [2.45, 2.75) is 6.54 Å². The second kappa shape index (κ2) is 5.67. The lowest BCUT2D eigenvalue weighted by Crippen LogP contribution is -1.99. The Hall–Kier alpha value is -0.830. The second-order valence-electron chi connectivity index (χ2n) is 3.36. The number of thiophene rings is 1. The van der Waals surface area contributed by atoms with Crippen LogP contribution in [0, 0.1) is 11.3 Å². The maximum atomic E-state index is 9.03. The number of nitriles is 1. The Morgan fingerprint density at radius 1 is 1.24 bits per heavy atom. The minimum atomic E-state index is 0.648. The third-order valence-corrected chi connectivity index (χ3v) is 4.30. The van der Waals surface area contributed by atoms with Crippen molar-refractivity contribution in [3.63, 3.8) is 0 Å². The van der Waals surface area contributed by atoms with Crippen molar-refractivity contribution < 1.29 is 0 Å². The molecule has 0 unspecified atom stereocenters. The lowest BCUT2D eigenvalue weighted by molar-refractivity contribution is 1.19. The highest BCUT2D eigenvalue weighted by molar-refractivity contribution is 9.11. The van der Waals surface area contributed by atoms with Gasteiger partial charge in [0.2, 0.25) is 0 Å². The lowest BCUT2D eigenvalue weighted by Gasteiger charge is -2.07. The fourth-order valence-electron chi connectivity index (χ4n) is 1.39. The number of hydrogen-bond acceptors (Lipinski definition) is 3. The Morgan fingerprint density at radius 3 is 2.71 bits per heavy atom. The standard InChI is InChI=1S/C12H8Br2N2S/c13-9-1-3-11(8(5-9)6-15)16-7-10-2-4-12(14)17-10/h1-5,16H,7H2. The number of nitrogens with zero attached hydrogens (tertiary/aromatic N) is 1. The maximum absolute atomic E-state index is 9.03. The van der Waals surface area contributed by atoms with E-state index in [2.05, 4.69) is 49.3 Å². The molecule has 0 aliphatic heterocycles. The van der Waals surface area contributed by atoms with Gasteiger partial charge < -0.3 is 5.32 Å². The highest BCUT2D eigenvalue weighted by atomic mass is 79.9. The molecule has 5 heteroatoms. The zero-order chi connectivity index (χ0) is 12.3. The van der Waals surface area contributed by atoms with Crippen LogP contribution < -0.4 is 5.32 Å². The van der Waals surface area contributed by atoms with Crippen molar-refractivity contribution in [2.75, 3.05) is 5.32 Å². The Balaban J connectivity index is 2.12. The third kappa shape index (κ3) is 3.32. The van der Waals surface area contributed by atoms with E-state index in [-0.39, 0.29) is 0 Å². The molecule has 0 aliphatic rings. The molecule has 0 aliphatic carbocycles. The topological polar surface area (TPSA) is 35.8 Å². The molecule has 17 heavy (non-hydrogen) atoms. The van der Waals surface area contributed by atoms with Crippen LogP contribution in [-0.2, 0) is 6.54 Å². The van der Waals surface area contributed by atoms with Gasteiger partial charge in [-0.05, 0) is 46.3 Å². The van der Waals surface area contributed by atoms with Crippen LogP contribution in [0.25, 0.3) is 0 Å². The van der Waals surface area contributed by atoms with Gasteiger partial charge >= 0.3 is 0 Å². The summed E-state index contributed by atoms with van der Waals surface area (Å²) in [4.78, 5) is 1.23. The molecule has 1 heterocycles. The average molecular weight is 372 g/mol. The van der Waals surface area contributed by atoms with Crippen LogP contribution in [0.1, 0.15) is 10.4 Å². The van der Waals surface area contributed by atoms with Crippen molar-refractivity contribution in [2.24, 2.45) is 0 Å². The predicted molar refractivity (Wildman–Crippen MR) is 78.2 cm³/mol. The van der Waals surface area contributed by atoms with E-state index in [9.17, 15) is 0 Å². The molecule has 2 nitrogen and oxygen atoms in total. The molecule has 0 bridgehead atoms. The van der Waals surface area contributed by atoms with Gasteiger partial charge in [-0.3, -0.25) is 0 Å². The van der Waals surface area contributed by atoms with Crippen molar-refractivity contribution in [3.05, 3.63) is 49.0 Å². The molecule has 2 aromatic rings. The largest absolute Gasteiger partial charge is 0.379 e. The van der Waals surface area contributed by atoms with Gasteiger partial charge in [-0.1, -0.05) is 15.9 Å². The van der Waals surface area contributed by atoms with Gasteiger partial charge in [0.25, 0.3) is 0 Å². The summed E-state index contributed by atoms with van der Waals surface area (Å²) in [5.74, 6) is 0. The van der Waals surface area contributed by atoms with Gasteiger partial charge in [-0.25, -0.2) is 0 Å². The molecule has 0 fully saturated rings. The molecule has 2 rings (SSSR count). The number of halogens is 2. The highest BCUT2D eigenvalue weighted by Crippen LogP contribution is 2.24. The molecule has 1 N–H and O–H groups in total. The Bertz CT molecular complexity index is 572. The van der Waals surface area contributed by atoms with E-state index in [0.717, 1.165) is 20.5 Å². The van der Waals surface area contributed by atoms with Gasteiger partial charge in [0.15, 0.2) is 0 Å². The van der Waals surface area contributed by atoms with Gasteiger partial charge in [-0.15, -0.1) is 11.3 Å². The first-order chi connectivity index (χ1) is 8.19. The lowest BCUT2D eigenvalue weighted by atomic mass is 10.2. The minimum Gasteiger partial charge on any atom is -0.379 e. The SMILES string of the molecule is N#Cc1cc(Br)ccc1NCc1ccc(Br)s1. The van der Waals surface area contributed by atoms with E-state index in [1.54, 1.807) is 11.3 Å². The summed E-state index contributed by atoms with van der Waals surface area (Å²) >= 11 is 8.47. The summed E-state index contributed by atoms with van der Waals surface area (Å²) in [6.45, 7) is 0.729. The van der Waals surface area contributed by atoms with Gasteiger partial charge in [0, 0.05) is 15.9 Å². The first kappa shape index (κ1) is 12.6. The van der Waals surface area contributed by atoms with Crippen LogP contribution in [-0.4, -0.2) is 0 Å². The molecule has 1 aromatic heterocycles. The van der Waals surface area contributed by atoms with E-state index in [1.165, 1.54) is 4.88 Å². The number of benzene rings is 1. The second-order valence-corrected chi connectivity index (χ2v) is 6.82. The van der Waals surface area contributed by atoms with E-state index in [1.807, 2.05) is 24.3 Å². The summed E-state index contributed by atoms with van der Waals surface area (Å²) in [6, 6.07) is 11.9. The van der Waals surface area contributed by atoms with E-state index < -0.39 is 0 Å². The molecule has 0 amide bonds. The fourth-order valence-corrected chi connectivity index (χ4v) is 3.18. The highest BCUT2D eigenvalue weighted by Gasteiger charge is 2.03. The first-order valence-corrected chi connectivity index (χ1v) is 7.27. The Kier molecular flexibility index (Phi) is 4.21. The van der Waals surface area contributed by atoms with E-state index >= 15 is 0 Å². The summed E-state index contributed by atoms with van der Waals surface area (Å²) in [6.07, 6.45) is 0. The third-order valence-electron chi connectivity index (χ3n) is 2.18. The van der Waals surface area contributed by atoms with Gasteiger partial charge in [0.05, 0.1) is 15.0 Å². The minimum absolute atomic E-state index is 0.648. The van der Waals surface area contributed by atoms with Crippen LogP contribution in [0.3, 0.4) is 0 Å². The predicted octanol–water partition coefficient (Wildman–Crippen LogP) is 4.76. The van der Waals surface area contributed by atoms with Gasteiger partial charge in [-0.2, -0.15) is 5.26 Å². The summed E-state index contributed by atoms with van der Waals surface area (Å²) < 4.78 is 2.03. The quantitative estimate of drug-likeness (QED) is 0.844. The number of rotatable bonds is 3. The normalized spacial score (nSPS) is 9.94. The maximum Gasteiger partial charge on any atom is 0.101 e. The molecule has 86 valence electrons. The van der Waals surface area contributed by atoms with E-state index in [0.29, 0.717) is 5.56 Å². The molecular weight excluding hydrogens is 364 g/mol. The smallest absolute Gasteiger partial charge is 0.101 e. The molecule has 0 spiro atoms. The van der Waals surface area contributed by atoms with Crippen LogP contribution in [0.4, 0.5) is 5.69 Å². The van der Waals surface area contributed by atoms with Crippen LogP contribution >= 0.6 is 43.2 Å². The molecule has 0 saturated carbocycles. The fraction of sp³-hybridized carbons (Fsp3) is 0.0833. The summed E-state index contributed by atoms with van der Waals surface area (Å²) in [7, 11) is 0. The zero-order valence-electron chi connectivity index (χ0n) is 8.71. The molecule has 0 radical (unpaired) electrons. The van der Waals surface area contributed by atoms with Crippen LogP contribution in [0.5, 0.6) is 0 Å². The van der Waals surface area contributed by atoms with Crippen molar-refractivity contribution in [1.29, 1.82) is 5.26 Å². The van der Waals surface area contributed by atoms with E-state index in [4.69, 9.17) is 5.26 Å². The van der Waals surface area contributed by atoms with Crippen molar-refractivity contribution in [3.8, 4) is 6.07 Å². The monoisotopic (exact) mass is 370 g/mol. The van der Waals surface area contributed by atoms with Crippen molar-refractivity contribution in [1.82, 2.24) is 0 Å². The Labute approximate surface area is 121 Å². The number of nitrogens with one attached hydrogen (secondary N) is 1. The van der Waals surface area contributed by atoms with Crippen LogP contribution in [0.15, 0.2) is 38.6 Å². The number of anilines is 1. The van der Waals surface area contributed by atoms with Crippen molar-refractivity contribution >= 4 is 48.9 Å². The molecule has 0 atom stereocenters.